The SMILES string of the molecule is CC(C)C(C)(CN)NC(=O)Cc1coc(-c2ccc(F)cc2)n1.Cl.Cl. The van der Waals surface area contributed by atoms with E-state index in [1.54, 1.807) is 12.1 Å². The van der Waals surface area contributed by atoms with Crippen molar-refractivity contribution in [1.82, 2.24) is 10.3 Å². The molecule has 1 heterocycles. The third-order valence-electron chi connectivity index (χ3n) is 4.11. The number of benzene rings is 1. The van der Waals surface area contributed by atoms with Crippen molar-refractivity contribution in [2.75, 3.05) is 6.54 Å². The van der Waals surface area contributed by atoms with Crippen molar-refractivity contribution in [3.63, 3.8) is 0 Å². The van der Waals surface area contributed by atoms with Gasteiger partial charge in [-0.25, -0.2) is 9.37 Å². The second kappa shape index (κ2) is 9.75. The number of oxazole rings is 1. The average molecular weight is 392 g/mol. The lowest BCUT2D eigenvalue weighted by atomic mass is 9.88. The van der Waals surface area contributed by atoms with Gasteiger partial charge in [0.1, 0.15) is 12.1 Å². The Kier molecular flexibility index (Phi) is 9.11. The number of hydrogen-bond acceptors (Lipinski definition) is 4. The Hall–Kier alpha value is -1.63. The molecule has 0 aliphatic rings. The van der Waals surface area contributed by atoms with E-state index in [1.807, 2.05) is 20.8 Å². The fraction of sp³-hybridized carbons (Fsp3) is 0.412. The Morgan fingerprint density at radius 3 is 2.44 bits per heavy atom. The first-order valence-corrected chi connectivity index (χ1v) is 7.55. The molecule has 0 bridgehead atoms. The molecule has 1 unspecified atom stereocenters. The van der Waals surface area contributed by atoms with Crippen molar-refractivity contribution < 1.29 is 13.6 Å². The first kappa shape index (κ1) is 23.4. The smallest absolute Gasteiger partial charge is 0.226 e. The fourth-order valence-corrected chi connectivity index (χ4v) is 2.07. The molecule has 1 aromatic heterocycles. The molecule has 1 amide bonds. The number of carbonyl (C=O) groups is 1. The summed E-state index contributed by atoms with van der Waals surface area (Å²) in [6, 6.07) is 5.83. The number of halogens is 3. The van der Waals surface area contributed by atoms with E-state index in [1.165, 1.54) is 18.4 Å². The molecular weight excluding hydrogens is 368 g/mol. The zero-order valence-corrected chi connectivity index (χ0v) is 16.0. The Balaban J connectivity index is 0.00000288. The molecule has 25 heavy (non-hydrogen) atoms. The van der Waals surface area contributed by atoms with Crippen LogP contribution in [0, 0.1) is 11.7 Å². The van der Waals surface area contributed by atoms with Crippen LogP contribution in [-0.2, 0) is 11.2 Å². The summed E-state index contributed by atoms with van der Waals surface area (Å²) < 4.78 is 18.3. The van der Waals surface area contributed by atoms with Gasteiger partial charge >= 0.3 is 0 Å². The van der Waals surface area contributed by atoms with Crippen LogP contribution >= 0.6 is 24.8 Å². The molecule has 0 spiro atoms. The van der Waals surface area contributed by atoms with E-state index in [4.69, 9.17) is 10.2 Å². The van der Waals surface area contributed by atoms with Crippen molar-refractivity contribution >= 4 is 30.7 Å². The first-order chi connectivity index (χ1) is 10.8. The molecule has 1 aromatic carbocycles. The monoisotopic (exact) mass is 391 g/mol. The van der Waals surface area contributed by atoms with Gasteiger partial charge in [0.15, 0.2) is 0 Å². The predicted octanol–water partition coefficient (Wildman–Crippen LogP) is 3.36. The summed E-state index contributed by atoms with van der Waals surface area (Å²) >= 11 is 0. The van der Waals surface area contributed by atoms with Gasteiger partial charge in [0.05, 0.1) is 17.7 Å². The molecule has 3 N–H and O–H groups in total. The van der Waals surface area contributed by atoms with Crippen LogP contribution in [-0.4, -0.2) is 23.0 Å². The zero-order valence-electron chi connectivity index (χ0n) is 14.4. The van der Waals surface area contributed by atoms with Crippen LogP contribution < -0.4 is 11.1 Å². The number of carbonyl (C=O) groups excluding carboxylic acids is 1. The van der Waals surface area contributed by atoms with Crippen molar-refractivity contribution in [1.29, 1.82) is 0 Å². The third-order valence-corrected chi connectivity index (χ3v) is 4.11. The van der Waals surface area contributed by atoms with Crippen molar-refractivity contribution in [2.45, 2.75) is 32.7 Å². The van der Waals surface area contributed by atoms with Crippen LogP contribution in [0.5, 0.6) is 0 Å². The molecule has 2 rings (SSSR count). The van der Waals surface area contributed by atoms with Gasteiger partial charge in [0, 0.05) is 12.1 Å². The van der Waals surface area contributed by atoms with Gasteiger partial charge < -0.3 is 15.5 Å². The van der Waals surface area contributed by atoms with Crippen molar-refractivity contribution in [3.05, 3.63) is 42.0 Å². The van der Waals surface area contributed by atoms with Gasteiger partial charge in [-0.15, -0.1) is 24.8 Å². The molecule has 0 saturated carbocycles. The van der Waals surface area contributed by atoms with Crippen LogP contribution in [0.15, 0.2) is 34.9 Å². The first-order valence-electron chi connectivity index (χ1n) is 7.55. The van der Waals surface area contributed by atoms with Gasteiger partial charge in [0.2, 0.25) is 11.8 Å². The van der Waals surface area contributed by atoms with Gasteiger partial charge in [-0.3, -0.25) is 4.79 Å². The van der Waals surface area contributed by atoms with E-state index in [2.05, 4.69) is 10.3 Å². The maximum Gasteiger partial charge on any atom is 0.226 e. The van der Waals surface area contributed by atoms with E-state index in [0.717, 1.165) is 0 Å². The molecule has 0 aliphatic heterocycles. The minimum absolute atomic E-state index is 0. The fourth-order valence-electron chi connectivity index (χ4n) is 2.07. The summed E-state index contributed by atoms with van der Waals surface area (Å²) in [7, 11) is 0. The highest BCUT2D eigenvalue weighted by atomic mass is 35.5. The van der Waals surface area contributed by atoms with Crippen LogP contribution in [0.3, 0.4) is 0 Å². The van der Waals surface area contributed by atoms with Gasteiger partial charge in [-0.2, -0.15) is 0 Å². The average Bonchev–Trinajstić information content (AvgIpc) is 2.95. The van der Waals surface area contributed by atoms with Gasteiger partial charge in [0.25, 0.3) is 0 Å². The molecule has 140 valence electrons. The summed E-state index contributed by atoms with van der Waals surface area (Å²) in [5.41, 5.74) is 6.48. The quantitative estimate of drug-likeness (QED) is 0.790. The maximum absolute atomic E-state index is 12.9. The molecule has 2 aromatic rings. The van der Waals surface area contributed by atoms with Crippen molar-refractivity contribution in [2.24, 2.45) is 11.7 Å². The number of hydrogen-bond donors (Lipinski definition) is 2. The number of nitrogens with one attached hydrogen (secondary N) is 1. The number of nitrogens with zero attached hydrogens (tertiary/aromatic N) is 1. The minimum atomic E-state index is -0.458. The number of rotatable bonds is 6. The van der Waals surface area contributed by atoms with Gasteiger partial charge in [-0.05, 0) is 37.1 Å². The third kappa shape index (κ3) is 5.99. The van der Waals surface area contributed by atoms with Crippen LogP contribution in [0.25, 0.3) is 11.5 Å². The summed E-state index contributed by atoms with van der Waals surface area (Å²) in [6.07, 6.45) is 1.54. The molecule has 0 aliphatic carbocycles. The van der Waals surface area contributed by atoms with E-state index >= 15 is 0 Å². The molecule has 0 fully saturated rings. The minimum Gasteiger partial charge on any atom is -0.444 e. The summed E-state index contributed by atoms with van der Waals surface area (Å²) in [4.78, 5) is 16.5. The standard InChI is InChI=1S/C17H22FN3O2.2ClH/c1-11(2)17(3,10-19)21-15(22)8-14-9-23-16(20-14)12-4-6-13(18)7-5-12;;/h4-7,9,11H,8,10,19H2,1-3H3,(H,21,22);2*1H. The Bertz CT molecular complexity index is 677. The number of nitrogens with two attached hydrogens (primary N) is 1. The van der Waals surface area contributed by atoms with Gasteiger partial charge in [-0.1, -0.05) is 13.8 Å². The highest BCUT2D eigenvalue weighted by Crippen LogP contribution is 2.20. The Morgan fingerprint density at radius 2 is 1.92 bits per heavy atom. The molecule has 0 radical (unpaired) electrons. The number of aromatic nitrogens is 1. The topological polar surface area (TPSA) is 81.1 Å². The Labute approximate surface area is 159 Å². The molecule has 0 saturated heterocycles. The van der Waals surface area contributed by atoms with Crippen LogP contribution in [0.4, 0.5) is 4.39 Å². The zero-order chi connectivity index (χ0) is 17.0. The predicted molar refractivity (Wildman–Crippen MR) is 101 cm³/mol. The van der Waals surface area contributed by atoms with Crippen LogP contribution in [0.2, 0.25) is 0 Å². The second-order valence-electron chi connectivity index (χ2n) is 6.15. The normalized spacial score (nSPS) is 12.7. The number of amides is 1. The summed E-state index contributed by atoms with van der Waals surface area (Å²) in [5.74, 6) is 0.0852. The second-order valence-corrected chi connectivity index (χ2v) is 6.15. The largest absolute Gasteiger partial charge is 0.444 e. The lowest BCUT2D eigenvalue weighted by Gasteiger charge is -2.33. The summed E-state index contributed by atoms with van der Waals surface area (Å²) in [6.45, 7) is 6.30. The van der Waals surface area contributed by atoms with Crippen LogP contribution in [0.1, 0.15) is 26.5 Å². The van der Waals surface area contributed by atoms with E-state index in [9.17, 15) is 9.18 Å². The van der Waals surface area contributed by atoms with E-state index in [-0.39, 0.29) is 48.9 Å². The lowest BCUT2D eigenvalue weighted by Crippen LogP contribution is -2.55. The molecule has 8 heteroatoms. The van der Waals surface area contributed by atoms with E-state index in [0.29, 0.717) is 23.7 Å². The Morgan fingerprint density at radius 1 is 1.32 bits per heavy atom. The lowest BCUT2D eigenvalue weighted by molar-refractivity contribution is -0.122. The molecule has 1 atom stereocenters. The molecule has 5 nitrogen and oxygen atoms in total. The highest BCUT2D eigenvalue weighted by molar-refractivity contribution is 5.85. The summed E-state index contributed by atoms with van der Waals surface area (Å²) in [5, 5.41) is 2.95. The van der Waals surface area contributed by atoms with Crippen molar-refractivity contribution in [3.8, 4) is 11.5 Å². The maximum atomic E-state index is 12.9. The van der Waals surface area contributed by atoms with E-state index < -0.39 is 5.54 Å². The molecular formula is C17H24Cl2FN3O2. The highest BCUT2D eigenvalue weighted by Gasteiger charge is 2.28.